The molecule has 1 saturated heterocycles. The lowest BCUT2D eigenvalue weighted by Crippen LogP contribution is -2.38. The van der Waals surface area contributed by atoms with Gasteiger partial charge in [-0.05, 0) is 33.1 Å². The summed E-state index contributed by atoms with van der Waals surface area (Å²) in [6.07, 6.45) is 3.56. The average Bonchev–Trinajstić information content (AvgIpc) is 3.20. The van der Waals surface area contributed by atoms with Crippen molar-refractivity contribution in [3.63, 3.8) is 0 Å². The zero-order chi connectivity index (χ0) is 16.3. The van der Waals surface area contributed by atoms with E-state index in [0.717, 1.165) is 63.8 Å². The minimum atomic E-state index is 0.310. The van der Waals surface area contributed by atoms with Crippen LogP contribution in [0.3, 0.4) is 0 Å². The molecule has 2 heterocycles. The average molecular weight is 340 g/mol. The van der Waals surface area contributed by atoms with Crippen molar-refractivity contribution in [2.24, 2.45) is 4.99 Å². The highest BCUT2D eigenvalue weighted by Crippen LogP contribution is 2.13. The molecule has 130 valence electrons. The van der Waals surface area contributed by atoms with Gasteiger partial charge in [0.15, 0.2) is 5.96 Å². The Morgan fingerprint density at radius 1 is 1.52 bits per heavy atom. The van der Waals surface area contributed by atoms with E-state index in [1.54, 1.807) is 11.3 Å². The molecule has 1 aliphatic rings. The highest BCUT2D eigenvalue weighted by molar-refractivity contribution is 7.09. The third kappa shape index (κ3) is 6.85. The van der Waals surface area contributed by atoms with Crippen LogP contribution in [0.5, 0.6) is 0 Å². The third-order valence-electron chi connectivity index (χ3n) is 3.66. The number of guanidine groups is 1. The van der Waals surface area contributed by atoms with Crippen molar-refractivity contribution in [1.82, 2.24) is 15.6 Å². The molecule has 0 amide bonds. The SMILES string of the molecule is CCNC(=NCc1scnc1C)NCCCOCC1CCCO1. The van der Waals surface area contributed by atoms with Gasteiger partial charge in [-0.2, -0.15) is 0 Å². The normalized spacial score (nSPS) is 18.3. The quantitative estimate of drug-likeness (QED) is 0.409. The summed E-state index contributed by atoms with van der Waals surface area (Å²) in [5, 5.41) is 6.61. The predicted octanol–water partition coefficient (Wildman–Crippen LogP) is 2.09. The molecule has 6 nitrogen and oxygen atoms in total. The van der Waals surface area contributed by atoms with E-state index in [1.807, 2.05) is 12.4 Å². The first-order valence-corrected chi connectivity index (χ1v) is 9.28. The number of hydrogen-bond acceptors (Lipinski definition) is 5. The molecule has 0 spiro atoms. The van der Waals surface area contributed by atoms with Crippen LogP contribution in [0, 0.1) is 6.92 Å². The Balaban J connectivity index is 1.60. The minimum Gasteiger partial charge on any atom is -0.379 e. The minimum absolute atomic E-state index is 0.310. The van der Waals surface area contributed by atoms with Gasteiger partial charge in [-0.15, -0.1) is 11.3 Å². The smallest absolute Gasteiger partial charge is 0.191 e. The lowest BCUT2D eigenvalue weighted by Gasteiger charge is -2.12. The molecular formula is C16H28N4O2S. The standard InChI is InChI=1S/C16H28N4O2S/c1-3-17-16(19-10-15-13(2)20-12-23-15)18-7-5-8-21-11-14-6-4-9-22-14/h12,14H,3-11H2,1-2H3,(H2,17,18,19). The van der Waals surface area contributed by atoms with Crippen LogP contribution in [0.4, 0.5) is 0 Å². The van der Waals surface area contributed by atoms with E-state index in [0.29, 0.717) is 12.6 Å². The predicted molar refractivity (Wildman–Crippen MR) is 94.1 cm³/mol. The van der Waals surface area contributed by atoms with Gasteiger partial charge in [-0.1, -0.05) is 0 Å². The molecule has 1 aromatic heterocycles. The van der Waals surface area contributed by atoms with Crippen molar-refractivity contribution in [2.45, 2.75) is 45.8 Å². The summed E-state index contributed by atoms with van der Waals surface area (Å²) in [5.41, 5.74) is 2.93. The molecule has 23 heavy (non-hydrogen) atoms. The summed E-state index contributed by atoms with van der Waals surface area (Å²) >= 11 is 1.65. The van der Waals surface area contributed by atoms with Crippen LogP contribution in [0.15, 0.2) is 10.5 Å². The van der Waals surface area contributed by atoms with Gasteiger partial charge in [0.05, 0.1) is 30.5 Å². The zero-order valence-electron chi connectivity index (χ0n) is 14.1. The van der Waals surface area contributed by atoms with Crippen LogP contribution in [0.2, 0.25) is 0 Å². The fraction of sp³-hybridized carbons (Fsp3) is 0.750. The Morgan fingerprint density at radius 2 is 2.43 bits per heavy atom. The summed E-state index contributed by atoms with van der Waals surface area (Å²) in [6, 6.07) is 0. The molecular weight excluding hydrogens is 312 g/mol. The highest BCUT2D eigenvalue weighted by Gasteiger charge is 2.14. The molecule has 0 bridgehead atoms. The molecule has 7 heteroatoms. The number of nitrogens with zero attached hydrogens (tertiary/aromatic N) is 2. The Kier molecular flexibility index (Phi) is 8.35. The zero-order valence-corrected chi connectivity index (χ0v) is 15.0. The van der Waals surface area contributed by atoms with Gasteiger partial charge < -0.3 is 20.1 Å². The number of thiazole rings is 1. The van der Waals surface area contributed by atoms with E-state index in [2.05, 4.69) is 27.5 Å². The maximum atomic E-state index is 5.66. The summed E-state index contributed by atoms with van der Waals surface area (Å²) in [7, 11) is 0. The largest absolute Gasteiger partial charge is 0.379 e. The number of nitrogens with one attached hydrogen (secondary N) is 2. The second-order valence-electron chi connectivity index (χ2n) is 5.55. The van der Waals surface area contributed by atoms with Gasteiger partial charge in [0.2, 0.25) is 0 Å². The van der Waals surface area contributed by atoms with Crippen LogP contribution in [-0.2, 0) is 16.0 Å². The molecule has 1 unspecified atom stereocenters. The molecule has 1 fully saturated rings. The van der Waals surface area contributed by atoms with Crippen molar-refractivity contribution >= 4 is 17.3 Å². The van der Waals surface area contributed by atoms with Gasteiger partial charge >= 0.3 is 0 Å². The Morgan fingerprint density at radius 3 is 3.13 bits per heavy atom. The van der Waals surface area contributed by atoms with Crippen molar-refractivity contribution < 1.29 is 9.47 Å². The second-order valence-corrected chi connectivity index (χ2v) is 6.49. The fourth-order valence-corrected chi connectivity index (χ4v) is 3.04. The molecule has 1 atom stereocenters. The molecule has 0 aliphatic carbocycles. The number of hydrogen-bond donors (Lipinski definition) is 2. The second kappa shape index (κ2) is 10.6. The number of rotatable bonds is 9. The molecule has 0 saturated carbocycles. The first-order chi connectivity index (χ1) is 11.3. The van der Waals surface area contributed by atoms with Crippen LogP contribution in [0.25, 0.3) is 0 Å². The van der Waals surface area contributed by atoms with Crippen LogP contribution < -0.4 is 10.6 Å². The first kappa shape index (κ1) is 18.2. The lowest BCUT2D eigenvalue weighted by atomic mass is 10.2. The Hall–Kier alpha value is -1.18. The van der Waals surface area contributed by atoms with Gasteiger partial charge in [0.25, 0.3) is 0 Å². The fourth-order valence-electron chi connectivity index (χ4n) is 2.34. The summed E-state index contributed by atoms with van der Waals surface area (Å²) in [5.74, 6) is 0.847. The van der Waals surface area contributed by atoms with Crippen molar-refractivity contribution in [3.05, 3.63) is 16.1 Å². The van der Waals surface area contributed by atoms with Gasteiger partial charge in [-0.25, -0.2) is 9.98 Å². The summed E-state index contributed by atoms with van der Waals surface area (Å²) in [4.78, 5) is 10.1. The molecule has 2 N–H and O–H groups in total. The lowest BCUT2D eigenvalue weighted by molar-refractivity contribution is 0.0168. The van der Waals surface area contributed by atoms with Crippen LogP contribution in [0.1, 0.15) is 36.8 Å². The van der Waals surface area contributed by atoms with E-state index < -0.39 is 0 Å². The van der Waals surface area contributed by atoms with Crippen LogP contribution >= 0.6 is 11.3 Å². The summed E-state index contributed by atoms with van der Waals surface area (Å²) < 4.78 is 11.2. The number of ether oxygens (including phenoxy) is 2. The topological polar surface area (TPSA) is 67.8 Å². The highest BCUT2D eigenvalue weighted by atomic mass is 32.1. The molecule has 1 aliphatic heterocycles. The van der Waals surface area contributed by atoms with Crippen molar-refractivity contribution in [2.75, 3.05) is 32.9 Å². The third-order valence-corrected chi connectivity index (χ3v) is 4.58. The van der Waals surface area contributed by atoms with E-state index in [4.69, 9.17) is 9.47 Å². The van der Waals surface area contributed by atoms with E-state index >= 15 is 0 Å². The first-order valence-electron chi connectivity index (χ1n) is 8.40. The summed E-state index contributed by atoms with van der Waals surface area (Å²) in [6.45, 7) is 8.81. The van der Waals surface area contributed by atoms with Crippen molar-refractivity contribution in [1.29, 1.82) is 0 Å². The van der Waals surface area contributed by atoms with Gasteiger partial charge in [-0.3, -0.25) is 0 Å². The number of aliphatic imine (C=N–C) groups is 1. The molecule has 2 rings (SSSR count). The Labute approximate surface area is 142 Å². The molecule has 0 aromatic carbocycles. The van der Waals surface area contributed by atoms with Gasteiger partial charge in [0, 0.05) is 31.2 Å². The van der Waals surface area contributed by atoms with E-state index in [9.17, 15) is 0 Å². The van der Waals surface area contributed by atoms with E-state index in [1.165, 1.54) is 4.88 Å². The van der Waals surface area contributed by atoms with Gasteiger partial charge in [0.1, 0.15) is 0 Å². The Bertz CT molecular complexity index is 472. The van der Waals surface area contributed by atoms with Crippen molar-refractivity contribution in [3.8, 4) is 0 Å². The number of aryl methyl sites for hydroxylation is 1. The monoisotopic (exact) mass is 340 g/mol. The maximum Gasteiger partial charge on any atom is 0.191 e. The molecule has 1 aromatic rings. The molecule has 0 radical (unpaired) electrons. The van der Waals surface area contributed by atoms with Crippen LogP contribution in [-0.4, -0.2) is 50.0 Å². The van der Waals surface area contributed by atoms with E-state index in [-0.39, 0.29) is 0 Å². The maximum absolute atomic E-state index is 5.66. The number of aromatic nitrogens is 1.